The van der Waals surface area contributed by atoms with Crippen molar-refractivity contribution in [1.29, 1.82) is 0 Å². The average molecular weight is 343 g/mol. The van der Waals surface area contributed by atoms with Crippen molar-refractivity contribution in [2.75, 3.05) is 57.4 Å². The molecule has 0 unspecified atom stereocenters. The Labute approximate surface area is 150 Å². The SMILES string of the molecule is Cc1ccc(N2CC[C@@H](N3CCN(C[C@@H]4CCOC4)CC3)C2=O)cc1. The molecule has 3 aliphatic rings. The lowest BCUT2D eigenvalue weighted by molar-refractivity contribution is -0.122. The van der Waals surface area contributed by atoms with E-state index in [0.717, 1.165) is 64.6 Å². The van der Waals surface area contributed by atoms with Crippen molar-refractivity contribution in [3.8, 4) is 0 Å². The second kappa shape index (κ2) is 7.44. The van der Waals surface area contributed by atoms with Gasteiger partial charge in [-0.2, -0.15) is 0 Å². The molecule has 0 saturated carbocycles. The third-order valence-electron chi connectivity index (χ3n) is 5.91. The second-order valence-corrected chi connectivity index (χ2v) is 7.70. The van der Waals surface area contributed by atoms with Crippen LogP contribution in [0.5, 0.6) is 0 Å². The Kier molecular flexibility index (Phi) is 5.06. The predicted molar refractivity (Wildman–Crippen MR) is 98.9 cm³/mol. The van der Waals surface area contributed by atoms with Gasteiger partial charge in [-0.25, -0.2) is 0 Å². The summed E-state index contributed by atoms with van der Waals surface area (Å²) in [6.45, 7) is 10.1. The van der Waals surface area contributed by atoms with E-state index in [-0.39, 0.29) is 11.9 Å². The van der Waals surface area contributed by atoms with Crippen LogP contribution in [0.25, 0.3) is 0 Å². The lowest BCUT2D eigenvalue weighted by Crippen LogP contribution is -2.53. The fourth-order valence-electron chi connectivity index (χ4n) is 4.33. The summed E-state index contributed by atoms with van der Waals surface area (Å²) in [5, 5.41) is 0. The van der Waals surface area contributed by atoms with Gasteiger partial charge in [-0.1, -0.05) is 17.7 Å². The van der Waals surface area contributed by atoms with Crippen molar-refractivity contribution in [3.05, 3.63) is 29.8 Å². The smallest absolute Gasteiger partial charge is 0.244 e. The minimum atomic E-state index is 0.0678. The van der Waals surface area contributed by atoms with Crippen molar-refractivity contribution in [2.24, 2.45) is 5.92 Å². The molecule has 5 nitrogen and oxygen atoms in total. The largest absolute Gasteiger partial charge is 0.381 e. The zero-order valence-corrected chi connectivity index (χ0v) is 15.2. The maximum absolute atomic E-state index is 12.9. The van der Waals surface area contributed by atoms with E-state index >= 15 is 0 Å². The fraction of sp³-hybridized carbons (Fsp3) is 0.650. The third kappa shape index (κ3) is 3.73. The van der Waals surface area contributed by atoms with Gasteiger partial charge >= 0.3 is 0 Å². The molecule has 0 aromatic heterocycles. The Bertz CT molecular complexity index is 589. The molecular weight excluding hydrogens is 314 g/mol. The van der Waals surface area contributed by atoms with Crippen LogP contribution in [0, 0.1) is 12.8 Å². The lowest BCUT2D eigenvalue weighted by atomic mass is 10.1. The summed E-state index contributed by atoms with van der Waals surface area (Å²) in [4.78, 5) is 19.8. The van der Waals surface area contributed by atoms with Gasteiger partial charge in [0, 0.05) is 51.6 Å². The number of ether oxygens (including phenoxy) is 1. The summed E-state index contributed by atoms with van der Waals surface area (Å²) < 4.78 is 5.49. The molecule has 0 spiro atoms. The molecule has 0 bridgehead atoms. The van der Waals surface area contributed by atoms with E-state index in [0.29, 0.717) is 5.92 Å². The number of hydrogen-bond acceptors (Lipinski definition) is 4. The molecule has 0 aliphatic carbocycles. The van der Waals surface area contributed by atoms with Gasteiger partial charge in [0.15, 0.2) is 0 Å². The van der Waals surface area contributed by atoms with Gasteiger partial charge in [-0.05, 0) is 37.8 Å². The monoisotopic (exact) mass is 343 g/mol. The molecule has 4 rings (SSSR count). The summed E-state index contributed by atoms with van der Waals surface area (Å²) in [5.41, 5.74) is 2.27. The van der Waals surface area contributed by atoms with E-state index in [2.05, 4.69) is 41.0 Å². The van der Waals surface area contributed by atoms with Gasteiger partial charge in [0.1, 0.15) is 0 Å². The van der Waals surface area contributed by atoms with Gasteiger partial charge in [-0.3, -0.25) is 9.69 Å². The molecule has 25 heavy (non-hydrogen) atoms. The standard InChI is InChI=1S/C20H29N3O2/c1-16-2-4-18(5-3-16)23-8-6-19(20(23)24)22-11-9-21(10-12-22)14-17-7-13-25-15-17/h2-5,17,19H,6-15H2,1H3/t17-,19+/m0/s1. The van der Waals surface area contributed by atoms with Crippen molar-refractivity contribution >= 4 is 11.6 Å². The fourth-order valence-corrected chi connectivity index (χ4v) is 4.33. The van der Waals surface area contributed by atoms with Crippen LogP contribution in [0.4, 0.5) is 5.69 Å². The quantitative estimate of drug-likeness (QED) is 0.835. The maximum atomic E-state index is 12.9. The number of rotatable bonds is 4. The van der Waals surface area contributed by atoms with Crippen LogP contribution in [-0.2, 0) is 9.53 Å². The number of nitrogens with zero attached hydrogens (tertiary/aromatic N) is 3. The maximum Gasteiger partial charge on any atom is 0.244 e. The number of benzene rings is 1. The van der Waals surface area contributed by atoms with Gasteiger partial charge in [-0.15, -0.1) is 0 Å². The average Bonchev–Trinajstić information content (AvgIpc) is 3.26. The Hall–Kier alpha value is -1.43. The normalized spacial score (nSPS) is 28.8. The van der Waals surface area contributed by atoms with Crippen LogP contribution in [-0.4, -0.2) is 74.2 Å². The summed E-state index contributed by atoms with van der Waals surface area (Å²) in [6.07, 6.45) is 2.15. The van der Waals surface area contributed by atoms with E-state index in [1.807, 2.05) is 4.90 Å². The first kappa shape index (κ1) is 17.0. The van der Waals surface area contributed by atoms with E-state index in [1.165, 1.54) is 12.0 Å². The lowest BCUT2D eigenvalue weighted by Gasteiger charge is -2.38. The van der Waals surface area contributed by atoms with Crippen LogP contribution >= 0.6 is 0 Å². The van der Waals surface area contributed by atoms with Crippen molar-refractivity contribution in [3.63, 3.8) is 0 Å². The molecule has 0 N–H and O–H groups in total. The molecule has 5 heteroatoms. The molecule has 1 amide bonds. The highest BCUT2D eigenvalue weighted by atomic mass is 16.5. The van der Waals surface area contributed by atoms with Gasteiger partial charge in [0.25, 0.3) is 0 Å². The number of aryl methyl sites for hydroxylation is 1. The van der Waals surface area contributed by atoms with Crippen LogP contribution < -0.4 is 4.90 Å². The zero-order chi connectivity index (χ0) is 17.2. The predicted octanol–water partition coefficient (Wildman–Crippen LogP) is 1.75. The van der Waals surface area contributed by atoms with Crippen LogP contribution in [0.3, 0.4) is 0 Å². The van der Waals surface area contributed by atoms with Crippen molar-refractivity contribution in [2.45, 2.75) is 25.8 Å². The molecule has 1 aromatic carbocycles. The highest BCUT2D eigenvalue weighted by molar-refractivity contribution is 5.99. The minimum Gasteiger partial charge on any atom is -0.381 e. The molecule has 136 valence electrons. The molecule has 2 atom stereocenters. The Morgan fingerprint density at radius 2 is 1.80 bits per heavy atom. The summed E-state index contributed by atoms with van der Waals surface area (Å²) in [6, 6.07) is 8.37. The second-order valence-electron chi connectivity index (χ2n) is 7.70. The first-order valence-electron chi connectivity index (χ1n) is 9.63. The molecule has 3 fully saturated rings. The topological polar surface area (TPSA) is 36.0 Å². The van der Waals surface area contributed by atoms with E-state index in [4.69, 9.17) is 4.74 Å². The number of anilines is 1. The molecular formula is C20H29N3O2. The number of hydrogen-bond donors (Lipinski definition) is 0. The molecule has 0 radical (unpaired) electrons. The Balaban J connectivity index is 1.31. The van der Waals surface area contributed by atoms with E-state index in [9.17, 15) is 4.79 Å². The van der Waals surface area contributed by atoms with Gasteiger partial charge in [0.2, 0.25) is 5.91 Å². The molecule has 1 aromatic rings. The van der Waals surface area contributed by atoms with Crippen LogP contribution in [0.2, 0.25) is 0 Å². The van der Waals surface area contributed by atoms with Crippen LogP contribution in [0.1, 0.15) is 18.4 Å². The number of carbonyl (C=O) groups excluding carboxylic acids is 1. The summed E-state index contributed by atoms with van der Waals surface area (Å²) >= 11 is 0. The summed E-state index contributed by atoms with van der Waals surface area (Å²) in [5.74, 6) is 0.984. The Morgan fingerprint density at radius 1 is 1.04 bits per heavy atom. The third-order valence-corrected chi connectivity index (χ3v) is 5.91. The number of carbonyl (C=O) groups is 1. The first-order chi connectivity index (χ1) is 12.2. The van der Waals surface area contributed by atoms with Crippen molar-refractivity contribution in [1.82, 2.24) is 9.80 Å². The van der Waals surface area contributed by atoms with Crippen LogP contribution in [0.15, 0.2) is 24.3 Å². The number of amides is 1. The van der Waals surface area contributed by atoms with E-state index < -0.39 is 0 Å². The summed E-state index contributed by atoms with van der Waals surface area (Å²) in [7, 11) is 0. The highest BCUT2D eigenvalue weighted by Gasteiger charge is 2.37. The minimum absolute atomic E-state index is 0.0678. The zero-order valence-electron chi connectivity index (χ0n) is 15.2. The molecule has 3 aliphatic heterocycles. The van der Waals surface area contributed by atoms with Crippen molar-refractivity contribution < 1.29 is 9.53 Å². The molecule has 3 saturated heterocycles. The number of piperazine rings is 1. The highest BCUT2D eigenvalue weighted by Crippen LogP contribution is 2.25. The Morgan fingerprint density at radius 3 is 2.48 bits per heavy atom. The van der Waals surface area contributed by atoms with E-state index in [1.54, 1.807) is 0 Å². The van der Waals surface area contributed by atoms with Gasteiger partial charge in [0.05, 0.1) is 12.6 Å². The molecule has 3 heterocycles. The van der Waals surface area contributed by atoms with Gasteiger partial charge < -0.3 is 14.5 Å². The first-order valence-corrected chi connectivity index (χ1v) is 9.63.